The average Bonchev–Trinajstić information content (AvgIpc) is 1.88. The highest BCUT2D eigenvalue weighted by molar-refractivity contribution is 4.80. The van der Waals surface area contributed by atoms with Gasteiger partial charge in [-0.15, -0.1) is 4.91 Å². The highest BCUT2D eigenvalue weighted by atomic mass is 19.1. The molecule has 0 radical (unpaired) electrons. The molecule has 10 heavy (non-hydrogen) atoms. The van der Waals surface area contributed by atoms with Crippen LogP contribution in [0.4, 0.5) is 4.39 Å². The van der Waals surface area contributed by atoms with Gasteiger partial charge in [0.05, 0.1) is 5.29 Å². The van der Waals surface area contributed by atoms with E-state index in [2.05, 4.69) is 5.29 Å². The smallest absolute Gasteiger partial charge is 0.111 e. The molecule has 0 N–H and O–H groups in total. The molecule has 0 aromatic rings. The molecule has 1 rings (SSSR count). The number of rotatable bonds is 1. The first-order chi connectivity index (χ1) is 4.64. The fraction of sp³-hybridized carbons (Fsp3) is 1.00. The van der Waals surface area contributed by atoms with Crippen molar-refractivity contribution in [1.82, 2.24) is 5.01 Å². The van der Waals surface area contributed by atoms with E-state index < -0.39 is 5.67 Å². The highest BCUT2D eigenvalue weighted by Crippen LogP contribution is 2.25. The zero-order chi connectivity index (χ0) is 7.61. The molecule has 1 aliphatic heterocycles. The van der Waals surface area contributed by atoms with Crippen LogP contribution < -0.4 is 0 Å². The van der Waals surface area contributed by atoms with Gasteiger partial charge in [0, 0.05) is 25.9 Å². The molecule has 0 bridgehead atoms. The molecule has 0 amide bonds. The number of halogens is 1. The minimum Gasteiger partial charge on any atom is -0.261 e. The lowest BCUT2D eigenvalue weighted by Gasteiger charge is -2.29. The maximum atomic E-state index is 13.0. The summed E-state index contributed by atoms with van der Waals surface area (Å²) in [5.41, 5.74) is -1.08. The number of hydrogen-bond acceptors (Lipinski definition) is 2. The van der Waals surface area contributed by atoms with Crippen molar-refractivity contribution in [3.63, 3.8) is 0 Å². The molecule has 58 valence electrons. The molecule has 0 spiro atoms. The zero-order valence-corrected chi connectivity index (χ0v) is 6.01. The van der Waals surface area contributed by atoms with Crippen molar-refractivity contribution in [2.75, 3.05) is 13.1 Å². The second kappa shape index (κ2) is 2.52. The van der Waals surface area contributed by atoms with E-state index in [0.717, 1.165) is 0 Å². The summed E-state index contributed by atoms with van der Waals surface area (Å²) >= 11 is 0. The summed E-state index contributed by atoms with van der Waals surface area (Å²) in [6, 6.07) is 0. The fourth-order valence-corrected chi connectivity index (χ4v) is 1.04. The SMILES string of the molecule is CC1(F)CCN(N=O)CC1. The second-order valence-corrected chi connectivity index (χ2v) is 2.95. The Bertz CT molecular complexity index is 128. The summed E-state index contributed by atoms with van der Waals surface area (Å²) in [5.74, 6) is 0. The normalized spacial score (nSPS) is 24.4. The Morgan fingerprint density at radius 1 is 1.50 bits per heavy atom. The zero-order valence-electron chi connectivity index (χ0n) is 6.01. The van der Waals surface area contributed by atoms with Crippen LogP contribution in [0.5, 0.6) is 0 Å². The number of hydrogen-bond donors (Lipinski definition) is 0. The maximum absolute atomic E-state index is 13.0. The van der Waals surface area contributed by atoms with Gasteiger partial charge in [0.2, 0.25) is 0 Å². The lowest BCUT2D eigenvalue weighted by Crippen LogP contribution is -2.36. The average molecular weight is 146 g/mol. The van der Waals surface area contributed by atoms with Crippen molar-refractivity contribution < 1.29 is 4.39 Å². The van der Waals surface area contributed by atoms with Crippen molar-refractivity contribution in [3.8, 4) is 0 Å². The van der Waals surface area contributed by atoms with Crippen LogP contribution in [0.2, 0.25) is 0 Å². The standard InChI is InChI=1S/C6H11FN2O/c1-6(7)2-4-9(8-10)5-3-6/h2-5H2,1H3. The molecule has 1 heterocycles. The van der Waals surface area contributed by atoms with Crippen molar-refractivity contribution in [2.24, 2.45) is 5.29 Å². The second-order valence-electron chi connectivity index (χ2n) is 2.95. The van der Waals surface area contributed by atoms with E-state index in [1.807, 2.05) is 0 Å². The van der Waals surface area contributed by atoms with Gasteiger partial charge in [-0.25, -0.2) is 4.39 Å². The van der Waals surface area contributed by atoms with Gasteiger partial charge in [-0.2, -0.15) is 0 Å². The van der Waals surface area contributed by atoms with Crippen LogP contribution in [0.3, 0.4) is 0 Å². The number of nitroso groups, excluding NO2 is 1. The molecular formula is C6H11FN2O. The van der Waals surface area contributed by atoms with Gasteiger partial charge in [0.1, 0.15) is 5.67 Å². The molecule has 0 atom stereocenters. The summed E-state index contributed by atoms with van der Waals surface area (Å²) in [6.45, 7) is 2.47. The number of alkyl halides is 1. The molecule has 1 saturated heterocycles. The first-order valence-corrected chi connectivity index (χ1v) is 3.41. The summed E-state index contributed by atoms with van der Waals surface area (Å²) in [7, 11) is 0. The summed E-state index contributed by atoms with van der Waals surface area (Å²) in [4.78, 5) is 9.92. The molecular weight excluding hydrogens is 135 g/mol. The summed E-state index contributed by atoms with van der Waals surface area (Å²) in [5, 5.41) is 4.09. The molecule has 0 aromatic carbocycles. The Hall–Kier alpha value is -0.670. The van der Waals surface area contributed by atoms with Crippen LogP contribution in [-0.4, -0.2) is 23.8 Å². The summed E-state index contributed by atoms with van der Waals surface area (Å²) < 4.78 is 13.0. The van der Waals surface area contributed by atoms with Crippen LogP contribution in [0.15, 0.2) is 5.29 Å². The van der Waals surface area contributed by atoms with Crippen molar-refractivity contribution in [2.45, 2.75) is 25.4 Å². The van der Waals surface area contributed by atoms with Crippen LogP contribution in [0, 0.1) is 4.91 Å². The predicted octanol–water partition coefficient (Wildman–Crippen LogP) is 1.49. The van der Waals surface area contributed by atoms with Gasteiger partial charge in [0.15, 0.2) is 0 Å². The Morgan fingerprint density at radius 2 is 2.00 bits per heavy atom. The van der Waals surface area contributed by atoms with Gasteiger partial charge >= 0.3 is 0 Å². The van der Waals surface area contributed by atoms with Gasteiger partial charge in [-0.1, -0.05) is 0 Å². The van der Waals surface area contributed by atoms with E-state index in [-0.39, 0.29) is 0 Å². The molecule has 4 heteroatoms. The number of nitrogens with zero attached hydrogens (tertiary/aromatic N) is 2. The van der Waals surface area contributed by atoms with E-state index >= 15 is 0 Å². The van der Waals surface area contributed by atoms with Gasteiger partial charge in [-0.3, -0.25) is 5.01 Å². The molecule has 1 fully saturated rings. The summed E-state index contributed by atoms with van der Waals surface area (Å²) in [6.07, 6.45) is 0.831. The fourth-order valence-electron chi connectivity index (χ4n) is 1.04. The molecule has 0 unspecified atom stereocenters. The van der Waals surface area contributed by atoms with E-state index in [0.29, 0.717) is 25.9 Å². The van der Waals surface area contributed by atoms with E-state index in [4.69, 9.17) is 0 Å². The Morgan fingerprint density at radius 3 is 2.40 bits per heavy atom. The van der Waals surface area contributed by atoms with Crippen molar-refractivity contribution in [3.05, 3.63) is 4.91 Å². The quantitative estimate of drug-likeness (QED) is 0.525. The molecule has 1 aliphatic rings. The van der Waals surface area contributed by atoms with Crippen LogP contribution in [0.1, 0.15) is 19.8 Å². The minimum absolute atomic E-state index is 0.415. The highest BCUT2D eigenvalue weighted by Gasteiger charge is 2.29. The van der Waals surface area contributed by atoms with Crippen LogP contribution >= 0.6 is 0 Å². The van der Waals surface area contributed by atoms with E-state index in [1.54, 1.807) is 6.92 Å². The number of piperidine rings is 1. The lowest BCUT2D eigenvalue weighted by molar-refractivity contribution is 0.0749. The first kappa shape index (κ1) is 7.44. The molecule has 0 saturated carbocycles. The minimum atomic E-state index is -1.08. The van der Waals surface area contributed by atoms with Crippen LogP contribution in [-0.2, 0) is 0 Å². The van der Waals surface area contributed by atoms with Gasteiger partial charge in [-0.05, 0) is 6.92 Å². The lowest BCUT2D eigenvalue weighted by atomic mass is 9.97. The third kappa shape index (κ3) is 1.65. The largest absolute Gasteiger partial charge is 0.261 e. The van der Waals surface area contributed by atoms with E-state index in [9.17, 15) is 9.30 Å². The molecule has 0 aromatic heterocycles. The van der Waals surface area contributed by atoms with Crippen LogP contribution in [0.25, 0.3) is 0 Å². The van der Waals surface area contributed by atoms with Crippen molar-refractivity contribution >= 4 is 0 Å². The third-order valence-electron chi connectivity index (χ3n) is 1.90. The topological polar surface area (TPSA) is 32.7 Å². The van der Waals surface area contributed by atoms with Gasteiger partial charge < -0.3 is 0 Å². The first-order valence-electron chi connectivity index (χ1n) is 3.41. The Labute approximate surface area is 59.1 Å². The van der Waals surface area contributed by atoms with Gasteiger partial charge in [0.25, 0.3) is 0 Å². The van der Waals surface area contributed by atoms with E-state index in [1.165, 1.54) is 5.01 Å². The maximum Gasteiger partial charge on any atom is 0.111 e. The third-order valence-corrected chi connectivity index (χ3v) is 1.90. The molecule has 3 nitrogen and oxygen atoms in total. The Balaban J connectivity index is 2.38. The van der Waals surface area contributed by atoms with Crippen molar-refractivity contribution in [1.29, 1.82) is 0 Å². The Kier molecular flexibility index (Phi) is 1.87. The monoisotopic (exact) mass is 146 g/mol. The predicted molar refractivity (Wildman–Crippen MR) is 36.1 cm³/mol. The molecule has 0 aliphatic carbocycles.